The van der Waals surface area contributed by atoms with Gasteiger partial charge in [-0.3, -0.25) is 0 Å². The largest absolute Gasteiger partial charge is 0.573 e. The average molecular weight is 260 g/mol. The summed E-state index contributed by atoms with van der Waals surface area (Å²) in [7, 11) is 0. The first-order chi connectivity index (χ1) is 8.28. The maximum Gasteiger partial charge on any atom is 0.573 e. The van der Waals surface area contributed by atoms with E-state index in [4.69, 9.17) is 11.5 Å². The molecule has 0 bridgehead atoms. The SMILES string of the molecule is CC(=NN=C(N)N)c1ccc(OC(F)(F)F)cc1. The summed E-state index contributed by atoms with van der Waals surface area (Å²) in [5, 5.41) is 7.12. The first-order valence-corrected chi connectivity index (χ1v) is 4.77. The van der Waals surface area contributed by atoms with Crippen molar-refractivity contribution in [2.45, 2.75) is 13.3 Å². The number of guanidine groups is 1. The van der Waals surface area contributed by atoms with Crippen LogP contribution in [0.3, 0.4) is 0 Å². The number of nitrogens with zero attached hydrogens (tertiary/aromatic N) is 2. The van der Waals surface area contributed by atoms with E-state index in [1.165, 1.54) is 24.3 Å². The van der Waals surface area contributed by atoms with Gasteiger partial charge in [-0.15, -0.1) is 18.3 Å². The van der Waals surface area contributed by atoms with Gasteiger partial charge >= 0.3 is 6.36 Å². The Bertz CT molecular complexity index is 461. The quantitative estimate of drug-likeness (QED) is 0.491. The third-order valence-corrected chi connectivity index (χ3v) is 1.82. The molecule has 1 aromatic rings. The molecule has 4 N–H and O–H groups in total. The fraction of sp³-hybridized carbons (Fsp3) is 0.200. The van der Waals surface area contributed by atoms with Crippen LogP contribution in [0.25, 0.3) is 0 Å². The minimum absolute atomic E-state index is 0.202. The highest BCUT2D eigenvalue weighted by Crippen LogP contribution is 2.22. The van der Waals surface area contributed by atoms with Gasteiger partial charge in [0.1, 0.15) is 5.75 Å². The number of rotatable bonds is 3. The van der Waals surface area contributed by atoms with Crippen molar-refractivity contribution in [2.75, 3.05) is 0 Å². The monoisotopic (exact) mass is 260 g/mol. The van der Waals surface area contributed by atoms with Crippen LogP contribution >= 0.6 is 0 Å². The Balaban J connectivity index is 2.83. The first kappa shape index (κ1) is 13.8. The van der Waals surface area contributed by atoms with Crippen molar-refractivity contribution in [1.29, 1.82) is 0 Å². The lowest BCUT2D eigenvalue weighted by molar-refractivity contribution is -0.274. The molecule has 0 aliphatic rings. The molecule has 0 fully saturated rings. The number of nitrogens with two attached hydrogens (primary N) is 2. The van der Waals surface area contributed by atoms with Crippen LogP contribution in [0.1, 0.15) is 12.5 Å². The van der Waals surface area contributed by atoms with Gasteiger partial charge in [-0.2, -0.15) is 5.10 Å². The van der Waals surface area contributed by atoms with Crippen LogP contribution in [0, 0.1) is 0 Å². The number of ether oxygens (including phenoxy) is 1. The van der Waals surface area contributed by atoms with E-state index in [0.717, 1.165) is 0 Å². The van der Waals surface area contributed by atoms with E-state index in [1.54, 1.807) is 6.92 Å². The Labute approximate surface area is 101 Å². The second-order valence-corrected chi connectivity index (χ2v) is 3.28. The minimum Gasteiger partial charge on any atom is -0.406 e. The van der Waals surface area contributed by atoms with Gasteiger partial charge in [-0.25, -0.2) is 0 Å². The molecule has 98 valence electrons. The van der Waals surface area contributed by atoms with Gasteiger partial charge in [0.2, 0.25) is 5.96 Å². The maximum absolute atomic E-state index is 11.9. The van der Waals surface area contributed by atoms with E-state index in [2.05, 4.69) is 14.9 Å². The Morgan fingerprint density at radius 1 is 1.11 bits per heavy atom. The highest BCUT2D eigenvalue weighted by atomic mass is 19.4. The molecule has 1 aromatic carbocycles. The number of benzene rings is 1. The Kier molecular flexibility index (Phi) is 4.13. The van der Waals surface area contributed by atoms with Crippen molar-refractivity contribution in [2.24, 2.45) is 21.7 Å². The van der Waals surface area contributed by atoms with Gasteiger partial charge in [0, 0.05) is 0 Å². The zero-order valence-corrected chi connectivity index (χ0v) is 9.40. The molecule has 0 heterocycles. The Morgan fingerprint density at radius 3 is 2.11 bits per heavy atom. The van der Waals surface area contributed by atoms with Crippen molar-refractivity contribution in [3.05, 3.63) is 29.8 Å². The molecule has 0 saturated heterocycles. The van der Waals surface area contributed by atoms with Gasteiger partial charge < -0.3 is 16.2 Å². The van der Waals surface area contributed by atoms with Crippen LogP contribution in [0.4, 0.5) is 13.2 Å². The third-order valence-electron chi connectivity index (χ3n) is 1.82. The summed E-state index contributed by atoms with van der Waals surface area (Å²) in [5.74, 6) is -0.507. The highest BCUT2D eigenvalue weighted by molar-refractivity contribution is 5.99. The summed E-state index contributed by atoms with van der Waals surface area (Å²) < 4.78 is 39.5. The van der Waals surface area contributed by atoms with Crippen LogP contribution in [-0.2, 0) is 0 Å². The smallest absolute Gasteiger partial charge is 0.406 e. The second-order valence-electron chi connectivity index (χ2n) is 3.28. The van der Waals surface area contributed by atoms with Crippen molar-refractivity contribution in [3.8, 4) is 5.75 Å². The van der Waals surface area contributed by atoms with Crippen LogP contribution in [0.5, 0.6) is 5.75 Å². The van der Waals surface area contributed by atoms with Gasteiger partial charge in [-0.05, 0) is 36.8 Å². The van der Waals surface area contributed by atoms with Gasteiger partial charge in [0.05, 0.1) is 5.71 Å². The molecule has 0 spiro atoms. The molecule has 5 nitrogen and oxygen atoms in total. The van der Waals surface area contributed by atoms with Crippen molar-refractivity contribution >= 4 is 11.7 Å². The molecular formula is C10H11F3N4O. The van der Waals surface area contributed by atoms with Crippen molar-refractivity contribution in [1.82, 2.24) is 0 Å². The summed E-state index contributed by atoms with van der Waals surface area (Å²) in [4.78, 5) is 0. The van der Waals surface area contributed by atoms with Crippen molar-refractivity contribution in [3.63, 3.8) is 0 Å². The fourth-order valence-electron chi connectivity index (χ4n) is 1.09. The van der Waals surface area contributed by atoms with Crippen LogP contribution in [-0.4, -0.2) is 18.0 Å². The van der Waals surface area contributed by atoms with Gasteiger partial charge in [0.15, 0.2) is 0 Å². The summed E-state index contributed by atoms with van der Waals surface area (Å²) >= 11 is 0. The first-order valence-electron chi connectivity index (χ1n) is 4.77. The number of alkyl halides is 3. The molecule has 0 atom stereocenters. The predicted octanol–water partition coefficient (Wildman–Crippen LogP) is 1.58. The molecular weight excluding hydrogens is 249 g/mol. The molecule has 0 aliphatic heterocycles. The van der Waals surface area contributed by atoms with E-state index < -0.39 is 6.36 Å². The maximum atomic E-state index is 11.9. The van der Waals surface area contributed by atoms with Gasteiger partial charge in [0.25, 0.3) is 0 Å². The Morgan fingerprint density at radius 2 is 1.67 bits per heavy atom. The van der Waals surface area contributed by atoms with E-state index >= 15 is 0 Å². The average Bonchev–Trinajstić information content (AvgIpc) is 2.24. The molecule has 18 heavy (non-hydrogen) atoms. The fourth-order valence-corrected chi connectivity index (χ4v) is 1.09. The molecule has 0 radical (unpaired) electrons. The summed E-state index contributed by atoms with van der Waals surface area (Å²) in [6, 6.07) is 5.19. The van der Waals surface area contributed by atoms with Crippen molar-refractivity contribution < 1.29 is 17.9 Å². The highest BCUT2D eigenvalue weighted by Gasteiger charge is 2.30. The zero-order chi connectivity index (χ0) is 13.8. The molecule has 0 saturated carbocycles. The number of hydrogen-bond acceptors (Lipinski definition) is 3. The molecule has 0 aliphatic carbocycles. The van der Waals surface area contributed by atoms with E-state index in [-0.39, 0.29) is 11.7 Å². The van der Waals surface area contributed by atoms with E-state index in [0.29, 0.717) is 11.3 Å². The normalized spacial score (nSPS) is 12.1. The summed E-state index contributed by atoms with van der Waals surface area (Å²) in [6.07, 6.45) is -4.71. The standard InChI is InChI=1S/C10H11F3N4O/c1-6(16-17-9(14)15)7-2-4-8(5-3-7)18-10(11,12)13/h2-5H,1H3,(H4,14,15,17). The second kappa shape index (κ2) is 5.39. The topological polar surface area (TPSA) is 86.0 Å². The number of hydrogen-bond donors (Lipinski definition) is 2. The zero-order valence-electron chi connectivity index (χ0n) is 9.40. The third kappa shape index (κ3) is 4.73. The van der Waals surface area contributed by atoms with Crippen LogP contribution < -0.4 is 16.2 Å². The molecule has 0 amide bonds. The predicted molar refractivity (Wildman–Crippen MR) is 61.1 cm³/mol. The summed E-state index contributed by atoms with van der Waals surface area (Å²) in [6.45, 7) is 1.62. The summed E-state index contributed by atoms with van der Waals surface area (Å²) in [5.41, 5.74) is 11.2. The minimum atomic E-state index is -4.71. The van der Waals surface area contributed by atoms with Crippen LogP contribution in [0.2, 0.25) is 0 Å². The lowest BCUT2D eigenvalue weighted by Gasteiger charge is -2.08. The lowest BCUT2D eigenvalue weighted by Crippen LogP contribution is -2.22. The molecule has 0 aromatic heterocycles. The Hall–Kier alpha value is -2.25. The van der Waals surface area contributed by atoms with E-state index in [9.17, 15) is 13.2 Å². The van der Waals surface area contributed by atoms with Crippen LogP contribution in [0.15, 0.2) is 34.5 Å². The molecule has 0 unspecified atom stereocenters. The lowest BCUT2D eigenvalue weighted by atomic mass is 10.1. The molecule has 1 rings (SSSR count). The molecule has 8 heteroatoms. The number of halogens is 3. The van der Waals surface area contributed by atoms with Gasteiger partial charge in [-0.1, -0.05) is 0 Å². The van der Waals surface area contributed by atoms with E-state index in [1.807, 2.05) is 0 Å².